The zero-order chi connectivity index (χ0) is 20.6. The predicted molar refractivity (Wildman–Crippen MR) is 127 cm³/mol. The number of benzene rings is 1. The molecule has 0 amide bonds. The molecule has 5 nitrogen and oxygen atoms in total. The Balaban J connectivity index is 0.00000320. The quantitative estimate of drug-likeness (QED) is 0.341. The van der Waals surface area contributed by atoms with Gasteiger partial charge < -0.3 is 10.6 Å². The van der Waals surface area contributed by atoms with Crippen molar-refractivity contribution in [3.8, 4) is 0 Å². The van der Waals surface area contributed by atoms with Gasteiger partial charge in [-0.25, -0.2) is 8.78 Å². The molecule has 164 valence electrons. The molecule has 8 heteroatoms. The molecule has 0 saturated carbocycles. The molecule has 2 N–H and O–H groups in total. The van der Waals surface area contributed by atoms with E-state index in [-0.39, 0.29) is 24.0 Å². The molecule has 1 fully saturated rings. The monoisotopic (exact) mass is 529 g/mol. The van der Waals surface area contributed by atoms with Crippen LogP contribution >= 0.6 is 24.0 Å². The summed E-state index contributed by atoms with van der Waals surface area (Å²) in [6.45, 7) is 5.33. The van der Waals surface area contributed by atoms with Crippen LogP contribution in [0.3, 0.4) is 0 Å². The van der Waals surface area contributed by atoms with E-state index in [4.69, 9.17) is 0 Å². The van der Waals surface area contributed by atoms with E-state index in [1.54, 1.807) is 13.1 Å². The Hall–Kier alpha value is -1.81. The average Bonchev–Trinajstić information content (AvgIpc) is 2.72. The lowest BCUT2D eigenvalue weighted by Gasteiger charge is -2.33. The summed E-state index contributed by atoms with van der Waals surface area (Å²) in [6, 6.07) is 6.54. The van der Waals surface area contributed by atoms with Gasteiger partial charge in [-0.15, -0.1) is 24.0 Å². The summed E-state index contributed by atoms with van der Waals surface area (Å²) in [5.74, 6) is -0.763. The fourth-order valence-corrected chi connectivity index (χ4v) is 3.62. The van der Waals surface area contributed by atoms with Crippen molar-refractivity contribution in [2.45, 2.75) is 38.8 Å². The number of rotatable bonds is 6. The van der Waals surface area contributed by atoms with Crippen LogP contribution in [0.15, 0.2) is 41.7 Å². The highest BCUT2D eigenvalue weighted by molar-refractivity contribution is 14.0. The fraction of sp³-hybridized carbons (Fsp3) is 0.455. The zero-order valence-corrected chi connectivity index (χ0v) is 19.8. The van der Waals surface area contributed by atoms with Crippen molar-refractivity contribution in [3.05, 3.63) is 65.0 Å². The van der Waals surface area contributed by atoms with Gasteiger partial charge in [0.2, 0.25) is 0 Å². The Labute approximate surface area is 194 Å². The van der Waals surface area contributed by atoms with Gasteiger partial charge >= 0.3 is 0 Å². The topological polar surface area (TPSA) is 52.6 Å². The van der Waals surface area contributed by atoms with Crippen LogP contribution in [0.2, 0.25) is 0 Å². The van der Waals surface area contributed by atoms with Gasteiger partial charge in [0.05, 0.1) is 0 Å². The highest BCUT2D eigenvalue weighted by Crippen LogP contribution is 2.16. The van der Waals surface area contributed by atoms with Crippen LogP contribution in [0.4, 0.5) is 8.78 Å². The number of aliphatic imine (C=N–C) groups is 1. The molecule has 1 aliphatic heterocycles. The highest BCUT2D eigenvalue weighted by Gasteiger charge is 2.20. The molecular weight excluding hydrogens is 499 g/mol. The van der Waals surface area contributed by atoms with Crippen LogP contribution in [0.25, 0.3) is 0 Å². The molecule has 0 atom stereocenters. The molecule has 0 spiro atoms. The van der Waals surface area contributed by atoms with Gasteiger partial charge in [0.25, 0.3) is 0 Å². The second-order valence-corrected chi connectivity index (χ2v) is 7.49. The van der Waals surface area contributed by atoms with E-state index < -0.39 is 11.6 Å². The number of likely N-dealkylation sites (tertiary alicyclic amines) is 1. The average molecular weight is 529 g/mol. The third-order valence-electron chi connectivity index (χ3n) is 5.37. The van der Waals surface area contributed by atoms with Gasteiger partial charge in [-0.2, -0.15) is 0 Å². The van der Waals surface area contributed by atoms with E-state index in [0.29, 0.717) is 12.6 Å². The Kier molecular flexibility index (Phi) is 9.90. The third kappa shape index (κ3) is 7.16. The van der Waals surface area contributed by atoms with E-state index in [0.717, 1.165) is 50.4 Å². The first kappa shape index (κ1) is 24.5. The molecule has 1 saturated heterocycles. The summed E-state index contributed by atoms with van der Waals surface area (Å²) in [7, 11) is 1.78. The molecule has 0 radical (unpaired) electrons. The zero-order valence-electron chi connectivity index (χ0n) is 17.5. The normalized spacial score (nSPS) is 15.5. The third-order valence-corrected chi connectivity index (χ3v) is 5.37. The summed E-state index contributed by atoms with van der Waals surface area (Å²) in [5.41, 5.74) is 3.29. The van der Waals surface area contributed by atoms with Crippen LogP contribution < -0.4 is 10.6 Å². The Morgan fingerprint density at radius 2 is 1.97 bits per heavy atom. The second kappa shape index (κ2) is 12.1. The van der Waals surface area contributed by atoms with Crippen LogP contribution in [0.1, 0.15) is 29.5 Å². The van der Waals surface area contributed by atoms with Crippen molar-refractivity contribution in [2.75, 3.05) is 26.7 Å². The van der Waals surface area contributed by atoms with Crippen LogP contribution in [-0.2, 0) is 13.0 Å². The minimum Gasteiger partial charge on any atom is -0.356 e. The molecule has 30 heavy (non-hydrogen) atoms. The van der Waals surface area contributed by atoms with E-state index in [1.165, 1.54) is 23.3 Å². The number of nitrogens with one attached hydrogen (secondary N) is 2. The number of hydrogen-bond donors (Lipinski definition) is 2. The van der Waals surface area contributed by atoms with Crippen molar-refractivity contribution in [1.82, 2.24) is 20.5 Å². The van der Waals surface area contributed by atoms with Gasteiger partial charge in [0.1, 0.15) is 0 Å². The van der Waals surface area contributed by atoms with Gasteiger partial charge in [-0.1, -0.05) is 6.07 Å². The van der Waals surface area contributed by atoms with E-state index in [1.807, 2.05) is 12.4 Å². The number of guanidine groups is 1. The number of nitrogens with zero attached hydrogens (tertiary/aromatic N) is 3. The lowest BCUT2D eigenvalue weighted by Crippen LogP contribution is -2.48. The van der Waals surface area contributed by atoms with Crippen molar-refractivity contribution in [1.29, 1.82) is 0 Å². The summed E-state index contributed by atoms with van der Waals surface area (Å²) in [4.78, 5) is 10.7. The first-order valence-electron chi connectivity index (χ1n) is 10.1. The lowest BCUT2D eigenvalue weighted by molar-refractivity contribution is 0.198. The van der Waals surface area contributed by atoms with Crippen molar-refractivity contribution in [2.24, 2.45) is 4.99 Å². The second-order valence-electron chi connectivity index (χ2n) is 7.49. The Morgan fingerprint density at radius 1 is 1.20 bits per heavy atom. The van der Waals surface area contributed by atoms with Crippen LogP contribution in [-0.4, -0.2) is 48.6 Å². The van der Waals surface area contributed by atoms with Gasteiger partial charge in [-0.05, 0) is 61.1 Å². The molecule has 1 aliphatic rings. The maximum absolute atomic E-state index is 13.4. The minimum atomic E-state index is -0.797. The van der Waals surface area contributed by atoms with E-state index in [2.05, 4.69) is 38.5 Å². The van der Waals surface area contributed by atoms with E-state index >= 15 is 0 Å². The molecule has 0 unspecified atom stereocenters. The molecule has 0 bridgehead atoms. The number of piperidine rings is 1. The fourth-order valence-electron chi connectivity index (χ4n) is 3.62. The van der Waals surface area contributed by atoms with Crippen LogP contribution in [0.5, 0.6) is 0 Å². The summed E-state index contributed by atoms with van der Waals surface area (Å²) >= 11 is 0. The number of halogens is 3. The van der Waals surface area contributed by atoms with Gasteiger partial charge in [0.15, 0.2) is 17.6 Å². The summed E-state index contributed by atoms with van der Waals surface area (Å²) in [5, 5.41) is 6.88. The molecule has 1 aromatic carbocycles. The SMILES string of the molecule is CN=C(NCCc1ccncc1C)NC1CCN(Cc2ccc(F)c(F)c2)CC1.I. The Morgan fingerprint density at radius 3 is 2.63 bits per heavy atom. The van der Waals surface area contributed by atoms with Crippen molar-refractivity contribution in [3.63, 3.8) is 0 Å². The largest absolute Gasteiger partial charge is 0.356 e. The maximum Gasteiger partial charge on any atom is 0.191 e. The smallest absolute Gasteiger partial charge is 0.191 e. The van der Waals surface area contributed by atoms with Gasteiger partial charge in [0, 0.05) is 51.7 Å². The minimum absolute atomic E-state index is 0. The molecule has 3 rings (SSSR count). The number of aromatic nitrogens is 1. The summed E-state index contributed by atoms with van der Waals surface area (Å²) < 4.78 is 26.5. The predicted octanol–water partition coefficient (Wildman–Crippen LogP) is 3.66. The maximum atomic E-state index is 13.4. The number of aryl methyl sites for hydroxylation is 1. The molecule has 2 aromatic rings. The van der Waals surface area contributed by atoms with E-state index in [9.17, 15) is 8.78 Å². The first-order chi connectivity index (χ1) is 14.0. The molecule has 0 aliphatic carbocycles. The number of hydrogen-bond acceptors (Lipinski definition) is 3. The molecule has 1 aromatic heterocycles. The Bertz CT molecular complexity index is 838. The first-order valence-corrected chi connectivity index (χ1v) is 10.1. The number of pyridine rings is 1. The summed E-state index contributed by atoms with van der Waals surface area (Å²) in [6.07, 6.45) is 6.59. The highest BCUT2D eigenvalue weighted by atomic mass is 127. The standard InChI is InChI=1S/C22H29F2N5.HI/c1-16-14-26-9-5-18(16)6-10-27-22(25-2)28-19-7-11-29(12-8-19)15-17-3-4-20(23)21(24)13-17;/h3-5,9,13-14,19H,6-8,10-12,15H2,1-2H3,(H2,25,27,28);1H. The van der Waals surface area contributed by atoms with Crippen molar-refractivity contribution >= 4 is 29.9 Å². The van der Waals surface area contributed by atoms with Gasteiger partial charge in [-0.3, -0.25) is 14.9 Å². The van der Waals surface area contributed by atoms with Crippen molar-refractivity contribution < 1.29 is 8.78 Å². The molecule has 2 heterocycles. The molecular formula is C22H30F2IN5. The lowest BCUT2D eigenvalue weighted by atomic mass is 10.0. The van der Waals surface area contributed by atoms with Crippen LogP contribution in [0, 0.1) is 18.6 Å².